The molecule has 2 heteroatoms. The predicted octanol–water partition coefficient (Wildman–Crippen LogP) is 2.60. The summed E-state index contributed by atoms with van der Waals surface area (Å²) in [5.74, 6) is 0. The van der Waals surface area contributed by atoms with Gasteiger partial charge in [-0.2, -0.15) is 0 Å². The van der Waals surface area contributed by atoms with Crippen molar-refractivity contribution in [1.82, 2.24) is 5.32 Å². The van der Waals surface area contributed by atoms with Gasteiger partial charge in [0.05, 0.1) is 0 Å². The quantitative estimate of drug-likeness (QED) is 0.793. The summed E-state index contributed by atoms with van der Waals surface area (Å²) in [5, 5.41) is 3.21. The molecule has 2 nitrogen and oxygen atoms in total. The lowest BCUT2D eigenvalue weighted by molar-refractivity contribution is 0.734. The van der Waals surface area contributed by atoms with Crippen LogP contribution in [0.1, 0.15) is 25.0 Å². The molecule has 16 heavy (non-hydrogen) atoms. The highest BCUT2D eigenvalue weighted by Crippen LogP contribution is 2.23. The smallest absolute Gasteiger partial charge is 0.0399 e. The zero-order valence-corrected chi connectivity index (χ0v) is 11.0. The van der Waals surface area contributed by atoms with Crippen LogP contribution in [-0.4, -0.2) is 26.7 Å². The van der Waals surface area contributed by atoms with Crippen molar-refractivity contribution < 1.29 is 0 Å². The molecule has 0 heterocycles. The van der Waals surface area contributed by atoms with E-state index in [4.69, 9.17) is 0 Å². The summed E-state index contributed by atoms with van der Waals surface area (Å²) >= 11 is 0. The third-order valence-corrected chi connectivity index (χ3v) is 3.15. The van der Waals surface area contributed by atoms with E-state index in [2.05, 4.69) is 49.2 Å². The van der Waals surface area contributed by atoms with E-state index in [1.54, 1.807) is 0 Å². The van der Waals surface area contributed by atoms with Crippen LogP contribution in [0.15, 0.2) is 18.2 Å². The van der Waals surface area contributed by atoms with Gasteiger partial charge in [-0.25, -0.2) is 0 Å². The van der Waals surface area contributed by atoms with Crippen molar-refractivity contribution in [3.63, 3.8) is 0 Å². The lowest BCUT2D eigenvalue weighted by Gasteiger charge is -2.26. The summed E-state index contributed by atoms with van der Waals surface area (Å²) in [6.45, 7) is 9.83. The Balaban J connectivity index is 2.91. The van der Waals surface area contributed by atoms with E-state index in [-0.39, 0.29) is 0 Å². The maximum absolute atomic E-state index is 3.21. The molecule has 0 atom stereocenters. The van der Waals surface area contributed by atoms with Crippen molar-refractivity contribution >= 4 is 5.69 Å². The number of hydrogen-bond acceptors (Lipinski definition) is 2. The topological polar surface area (TPSA) is 15.3 Å². The molecular weight excluding hydrogens is 196 g/mol. The number of likely N-dealkylation sites (N-methyl/N-ethyl adjacent to an activating group) is 2. The van der Waals surface area contributed by atoms with Gasteiger partial charge in [-0.3, -0.25) is 0 Å². The van der Waals surface area contributed by atoms with Gasteiger partial charge in [0.1, 0.15) is 0 Å². The summed E-state index contributed by atoms with van der Waals surface area (Å²) in [7, 11) is 2.00. The molecule has 0 fully saturated rings. The van der Waals surface area contributed by atoms with Crippen molar-refractivity contribution in [1.29, 1.82) is 0 Å². The zero-order chi connectivity index (χ0) is 12.0. The van der Waals surface area contributed by atoms with Crippen LogP contribution in [0.2, 0.25) is 0 Å². The summed E-state index contributed by atoms with van der Waals surface area (Å²) in [6, 6.07) is 6.63. The highest BCUT2D eigenvalue weighted by molar-refractivity contribution is 5.56. The number of aryl methyl sites for hydroxylation is 1. The molecular formula is C14H24N2. The number of benzene rings is 1. The van der Waals surface area contributed by atoms with Gasteiger partial charge in [0.15, 0.2) is 0 Å². The van der Waals surface area contributed by atoms with E-state index in [0.717, 1.165) is 26.1 Å². The molecule has 0 unspecified atom stereocenters. The number of anilines is 1. The van der Waals surface area contributed by atoms with Crippen LogP contribution in [-0.2, 0) is 6.42 Å². The molecule has 90 valence electrons. The average Bonchev–Trinajstić information content (AvgIpc) is 2.32. The lowest BCUT2D eigenvalue weighted by Crippen LogP contribution is -2.31. The number of hydrogen-bond donors (Lipinski definition) is 1. The molecule has 0 aliphatic rings. The van der Waals surface area contributed by atoms with Gasteiger partial charge in [0.2, 0.25) is 0 Å². The van der Waals surface area contributed by atoms with Crippen LogP contribution in [0.25, 0.3) is 0 Å². The molecule has 1 N–H and O–H groups in total. The lowest BCUT2D eigenvalue weighted by atomic mass is 10.0. The molecule has 0 spiro atoms. The van der Waals surface area contributed by atoms with Gasteiger partial charge in [0.25, 0.3) is 0 Å². The molecule has 0 saturated carbocycles. The van der Waals surface area contributed by atoms with E-state index in [9.17, 15) is 0 Å². The fourth-order valence-corrected chi connectivity index (χ4v) is 2.09. The van der Waals surface area contributed by atoms with Crippen LogP contribution < -0.4 is 10.2 Å². The van der Waals surface area contributed by atoms with E-state index in [0.29, 0.717) is 0 Å². The minimum absolute atomic E-state index is 1.03. The van der Waals surface area contributed by atoms with Crippen LogP contribution in [0.5, 0.6) is 0 Å². The van der Waals surface area contributed by atoms with Crippen LogP contribution in [0, 0.1) is 6.92 Å². The van der Waals surface area contributed by atoms with Crippen molar-refractivity contribution in [2.24, 2.45) is 0 Å². The van der Waals surface area contributed by atoms with Crippen molar-refractivity contribution in [3.05, 3.63) is 29.3 Å². The molecule has 0 radical (unpaired) electrons. The van der Waals surface area contributed by atoms with Gasteiger partial charge >= 0.3 is 0 Å². The first kappa shape index (κ1) is 13.0. The van der Waals surface area contributed by atoms with Crippen molar-refractivity contribution in [2.45, 2.75) is 27.2 Å². The SMILES string of the molecule is CCc1cccc(N(CC)CCNC)c1C. The number of rotatable bonds is 6. The van der Waals surface area contributed by atoms with Gasteiger partial charge in [-0.1, -0.05) is 19.1 Å². The van der Waals surface area contributed by atoms with Crippen LogP contribution in [0.4, 0.5) is 5.69 Å². The normalized spacial score (nSPS) is 10.5. The minimum Gasteiger partial charge on any atom is -0.370 e. The van der Waals surface area contributed by atoms with Gasteiger partial charge in [0, 0.05) is 25.3 Å². The number of nitrogens with zero attached hydrogens (tertiary/aromatic N) is 1. The summed E-state index contributed by atoms with van der Waals surface area (Å²) in [4.78, 5) is 2.44. The Bertz CT molecular complexity index is 321. The first-order valence-corrected chi connectivity index (χ1v) is 6.22. The third kappa shape index (κ3) is 2.99. The molecule has 1 rings (SSSR count). The van der Waals surface area contributed by atoms with Gasteiger partial charge < -0.3 is 10.2 Å². The Morgan fingerprint density at radius 1 is 1.25 bits per heavy atom. The second-order valence-electron chi connectivity index (χ2n) is 4.10. The van der Waals surface area contributed by atoms with E-state index >= 15 is 0 Å². The minimum atomic E-state index is 1.03. The Labute approximate surface area is 99.7 Å². The molecule has 0 aromatic heterocycles. The Morgan fingerprint density at radius 2 is 2.00 bits per heavy atom. The Hall–Kier alpha value is -1.02. The van der Waals surface area contributed by atoms with Crippen LogP contribution >= 0.6 is 0 Å². The molecule has 1 aromatic carbocycles. The fraction of sp³-hybridized carbons (Fsp3) is 0.571. The summed E-state index contributed by atoms with van der Waals surface area (Å²) < 4.78 is 0. The Morgan fingerprint density at radius 3 is 2.56 bits per heavy atom. The zero-order valence-electron chi connectivity index (χ0n) is 11.0. The van der Waals surface area contributed by atoms with Gasteiger partial charge in [-0.05, 0) is 44.5 Å². The molecule has 0 bridgehead atoms. The molecule has 0 aliphatic heterocycles. The van der Waals surface area contributed by atoms with Crippen molar-refractivity contribution in [3.8, 4) is 0 Å². The monoisotopic (exact) mass is 220 g/mol. The fourth-order valence-electron chi connectivity index (χ4n) is 2.09. The summed E-state index contributed by atoms with van der Waals surface area (Å²) in [5.41, 5.74) is 4.28. The highest BCUT2D eigenvalue weighted by atomic mass is 15.1. The van der Waals surface area contributed by atoms with E-state index < -0.39 is 0 Å². The first-order valence-electron chi connectivity index (χ1n) is 6.22. The van der Waals surface area contributed by atoms with Gasteiger partial charge in [-0.15, -0.1) is 0 Å². The Kier molecular flexibility index (Phi) is 5.33. The maximum atomic E-state index is 3.21. The van der Waals surface area contributed by atoms with Crippen molar-refractivity contribution in [2.75, 3.05) is 31.6 Å². The second-order valence-corrected chi connectivity index (χ2v) is 4.10. The molecule has 1 aromatic rings. The van der Waals surface area contributed by atoms with E-state index in [1.807, 2.05) is 7.05 Å². The first-order chi connectivity index (χ1) is 7.74. The number of nitrogens with one attached hydrogen (secondary N) is 1. The molecule has 0 amide bonds. The predicted molar refractivity (Wildman–Crippen MR) is 72.4 cm³/mol. The van der Waals surface area contributed by atoms with Crippen LogP contribution in [0.3, 0.4) is 0 Å². The highest BCUT2D eigenvalue weighted by Gasteiger charge is 2.08. The third-order valence-electron chi connectivity index (χ3n) is 3.15. The molecule has 0 saturated heterocycles. The standard InChI is InChI=1S/C14H24N2/c1-5-13-8-7-9-14(12(13)3)16(6-2)11-10-15-4/h7-9,15H,5-6,10-11H2,1-4H3. The second kappa shape index (κ2) is 6.54. The molecule has 0 aliphatic carbocycles. The summed E-state index contributed by atoms with van der Waals surface area (Å²) in [6.07, 6.45) is 1.11. The largest absolute Gasteiger partial charge is 0.370 e. The maximum Gasteiger partial charge on any atom is 0.0399 e. The average molecular weight is 220 g/mol. The van der Waals surface area contributed by atoms with E-state index in [1.165, 1.54) is 16.8 Å².